The Morgan fingerprint density at radius 2 is 1.78 bits per heavy atom. The zero-order valence-electron chi connectivity index (χ0n) is 21.1. The SMILES string of the molecule is CCCCOC(=O)c1ccc(-n2c(C)cc(/C=C3\C(=O)NC(=O)N(C4CCCCC4)C3=O)c2C)cc1. The summed E-state index contributed by atoms with van der Waals surface area (Å²) in [7, 11) is 0. The number of aromatic nitrogens is 1. The lowest BCUT2D eigenvalue weighted by Gasteiger charge is -2.35. The Hall–Kier alpha value is -3.68. The van der Waals surface area contributed by atoms with Gasteiger partial charge in [-0.1, -0.05) is 32.6 Å². The van der Waals surface area contributed by atoms with Gasteiger partial charge >= 0.3 is 12.0 Å². The molecule has 1 aromatic carbocycles. The Balaban J connectivity index is 1.59. The van der Waals surface area contributed by atoms with Crippen molar-refractivity contribution in [2.24, 2.45) is 0 Å². The average molecular weight is 492 g/mol. The van der Waals surface area contributed by atoms with E-state index in [1.54, 1.807) is 18.2 Å². The Morgan fingerprint density at radius 3 is 2.44 bits per heavy atom. The molecule has 1 aromatic heterocycles. The highest BCUT2D eigenvalue weighted by Crippen LogP contribution is 2.28. The van der Waals surface area contributed by atoms with E-state index in [-0.39, 0.29) is 17.6 Å². The summed E-state index contributed by atoms with van der Waals surface area (Å²) in [4.78, 5) is 51.8. The van der Waals surface area contributed by atoms with Crippen molar-refractivity contribution in [2.75, 3.05) is 6.61 Å². The third kappa shape index (κ3) is 5.12. The third-order valence-electron chi connectivity index (χ3n) is 6.94. The molecular weight excluding hydrogens is 458 g/mol. The second-order valence-corrected chi connectivity index (χ2v) is 9.48. The van der Waals surface area contributed by atoms with Gasteiger partial charge in [0.2, 0.25) is 0 Å². The minimum atomic E-state index is -0.673. The second-order valence-electron chi connectivity index (χ2n) is 9.48. The van der Waals surface area contributed by atoms with Gasteiger partial charge in [0.15, 0.2) is 0 Å². The van der Waals surface area contributed by atoms with Gasteiger partial charge in [-0.3, -0.25) is 19.8 Å². The van der Waals surface area contributed by atoms with Crippen molar-refractivity contribution in [1.29, 1.82) is 0 Å². The summed E-state index contributed by atoms with van der Waals surface area (Å²) in [5.74, 6) is -1.56. The van der Waals surface area contributed by atoms with Crippen LogP contribution in [0.4, 0.5) is 4.79 Å². The first-order valence-corrected chi connectivity index (χ1v) is 12.7. The highest BCUT2D eigenvalue weighted by molar-refractivity contribution is 6.31. The molecule has 2 aromatic rings. The number of urea groups is 1. The third-order valence-corrected chi connectivity index (χ3v) is 6.94. The van der Waals surface area contributed by atoms with Crippen LogP contribution in [0.5, 0.6) is 0 Å². The van der Waals surface area contributed by atoms with E-state index in [0.717, 1.165) is 62.0 Å². The number of benzene rings is 1. The van der Waals surface area contributed by atoms with Crippen LogP contribution in [0.3, 0.4) is 0 Å². The summed E-state index contributed by atoms with van der Waals surface area (Å²) in [6, 6.07) is 8.23. The molecule has 4 amide bonds. The highest BCUT2D eigenvalue weighted by Gasteiger charge is 2.40. The smallest absolute Gasteiger partial charge is 0.338 e. The monoisotopic (exact) mass is 491 g/mol. The van der Waals surface area contributed by atoms with Crippen LogP contribution in [0.15, 0.2) is 35.9 Å². The number of nitrogens with one attached hydrogen (secondary N) is 1. The number of carbonyl (C=O) groups is 4. The number of esters is 1. The fourth-order valence-electron chi connectivity index (χ4n) is 4.97. The number of unbranched alkanes of at least 4 members (excludes halogenated alkanes) is 1. The molecule has 4 rings (SSSR count). The summed E-state index contributed by atoms with van der Waals surface area (Å²) in [6.45, 7) is 6.28. The Bertz CT molecular complexity index is 1200. The number of aryl methyl sites for hydroxylation is 1. The van der Waals surface area contributed by atoms with Crippen molar-refractivity contribution in [2.45, 2.75) is 71.8 Å². The van der Waals surface area contributed by atoms with Crippen molar-refractivity contribution in [1.82, 2.24) is 14.8 Å². The zero-order chi connectivity index (χ0) is 25.8. The number of amides is 4. The number of imide groups is 2. The lowest BCUT2D eigenvalue weighted by atomic mass is 9.93. The number of barbiturate groups is 1. The van der Waals surface area contributed by atoms with E-state index >= 15 is 0 Å². The van der Waals surface area contributed by atoms with Gasteiger partial charge in [-0.2, -0.15) is 0 Å². The average Bonchev–Trinajstić information content (AvgIpc) is 3.15. The van der Waals surface area contributed by atoms with Crippen LogP contribution in [-0.4, -0.2) is 45.9 Å². The van der Waals surface area contributed by atoms with E-state index in [4.69, 9.17) is 4.74 Å². The fraction of sp³-hybridized carbons (Fsp3) is 0.429. The number of hydrogen-bond donors (Lipinski definition) is 1. The van der Waals surface area contributed by atoms with E-state index in [9.17, 15) is 19.2 Å². The maximum atomic E-state index is 13.2. The molecule has 0 atom stereocenters. The molecule has 0 radical (unpaired) electrons. The molecule has 8 heteroatoms. The molecule has 2 heterocycles. The Kier molecular flexibility index (Phi) is 7.72. The van der Waals surface area contributed by atoms with Gasteiger partial charge < -0.3 is 9.30 Å². The molecular formula is C28H33N3O5. The van der Waals surface area contributed by atoms with Crippen LogP contribution in [0.25, 0.3) is 11.8 Å². The molecule has 2 fully saturated rings. The number of nitrogens with zero attached hydrogens (tertiary/aromatic N) is 2. The quantitative estimate of drug-likeness (QED) is 0.259. The lowest BCUT2D eigenvalue weighted by molar-refractivity contribution is -0.132. The first-order chi connectivity index (χ1) is 17.3. The molecule has 2 aliphatic rings. The standard InChI is InChI=1S/C28H33N3O5/c1-4-5-15-36-27(34)20-11-13-23(14-12-20)30-18(2)16-21(19(30)3)17-24-25(32)29-28(35)31(26(24)33)22-9-7-6-8-10-22/h11-14,16-17,22H,4-10,15H2,1-3H3,(H,29,32,35)/b24-17+. The fourth-order valence-corrected chi connectivity index (χ4v) is 4.97. The van der Waals surface area contributed by atoms with E-state index in [1.807, 2.05) is 43.5 Å². The molecule has 1 aliphatic heterocycles. The van der Waals surface area contributed by atoms with E-state index in [2.05, 4.69) is 5.32 Å². The van der Waals surface area contributed by atoms with Crippen LogP contribution < -0.4 is 5.32 Å². The minimum Gasteiger partial charge on any atom is -0.462 e. The molecule has 190 valence electrons. The van der Waals surface area contributed by atoms with Gasteiger partial charge in [-0.05, 0) is 75.1 Å². The maximum Gasteiger partial charge on any atom is 0.338 e. The van der Waals surface area contributed by atoms with Gasteiger partial charge in [-0.25, -0.2) is 9.59 Å². The van der Waals surface area contributed by atoms with Gasteiger partial charge in [0.1, 0.15) is 5.57 Å². The number of rotatable bonds is 7. The van der Waals surface area contributed by atoms with E-state index < -0.39 is 17.8 Å². The van der Waals surface area contributed by atoms with Crippen molar-refractivity contribution in [3.05, 3.63) is 58.4 Å². The van der Waals surface area contributed by atoms with Gasteiger partial charge in [0.25, 0.3) is 11.8 Å². The molecule has 36 heavy (non-hydrogen) atoms. The molecule has 1 saturated carbocycles. The first kappa shape index (κ1) is 25.4. The van der Waals surface area contributed by atoms with Gasteiger partial charge in [-0.15, -0.1) is 0 Å². The van der Waals surface area contributed by atoms with Gasteiger partial charge in [0, 0.05) is 23.1 Å². The molecule has 1 N–H and O–H groups in total. The molecule has 0 unspecified atom stereocenters. The maximum absolute atomic E-state index is 13.2. The summed E-state index contributed by atoms with van der Waals surface area (Å²) in [5, 5.41) is 2.34. The summed E-state index contributed by atoms with van der Waals surface area (Å²) < 4.78 is 7.27. The summed E-state index contributed by atoms with van der Waals surface area (Å²) >= 11 is 0. The van der Waals surface area contributed by atoms with Crippen molar-refractivity contribution in [3.63, 3.8) is 0 Å². The van der Waals surface area contributed by atoms with Crippen LogP contribution in [-0.2, 0) is 14.3 Å². The second kappa shape index (κ2) is 10.9. The van der Waals surface area contributed by atoms with Crippen molar-refractivity contribution in [3.8, 4) is 5.69 Å². The molecule has 8 nitrogen and oxygen atoms in total. The number of carbonyl (C=O) groups excluding carboxylic acids is 4. The molecule has 1 saturated heterocycles. The highest BCUT2D eigenvalue weighted by atomic mass is 16.5. The van der Waals surface area contributed by atoms with Crippen molar-refractivity contribution < 1.29 is 23.9 Å². The predicted octanol–water partition coefficient (Wildman–Crippen LogP) is 4.85. The topological polar surface area (TPSA) is 97.7 Å². The Labute approximate surface area is 211 Å². The van der Waals surface area contributed by atoms with Crippen molar-refractivity contribution >= 4 is 29.9 Å². The van der Waals surface area contributed by atoms with Crippen LogP contribution >= 0.6 is 0 Å². The Morgan fingerprint density at radius 1 is 1.08 bits per heavy atom. The largest absolute Gasteiger partial charge is 0.462 e. The zero-order valence-corrected chi connectivity index (χ0v) is 21.1. The van der Waals surface area contributed by atoms with Crippen LogP contribution in [0, 0.1) is 13.8 Å². The van der Waals surface area contributed by atoms with E-state index in [0.29, 0.717) is 17.7 Å². The van der Waals surface area contributed by atoms with Crippen LogP contribution in [0.1, 0.15) is 79.2 Å². The molecule has 1 aliphatic carbocycles. The normalized spacial score (nSPS) is 18.0. The summed E-state index contributed by atoms with van der Waals surface area (Å²) in [5.41, 5.74) is 3.74. The molecule has 0 spiro atoms. The molecule has 0 bridgehead atoms. The van der Waals surface area contributed by atoms with E-state index in [1.165, 1.54) is 4.90 Å². The number of ether oxygens (including phenoxy) is 1. The van der Waals surface area contributed by atoms with Gasteiger partial charge in [0.05, 0.1) is 12.2 Å². The summed E-state index contributed by atoms with van der Waals surface area (Å²) in [6.07, 6.45) is 7.90. The predicted molar refractivity (Wildman–Crippen MR) is 136 cm³/mol. The lowest BCUT2D eigenvalue weighted by Crippen LogP contribution is -2.58. The number of hydrogen-bond acceptors (Lipinski definition) is 5. The van der Waals surface area contributed by atoms with Crippen LogP contribution in [0.2, 0.25) is 0 Å². The minimum absolute atomic E-state index is 0.0365. The first-order valence-electron chi connectivity index (χ1n) is 12.7.